The Hall–Kier alpha value is -1.59. The molecule has 1 aliphatic rings. The Kier molecular flexibility index (Phi) is 12.1. The molecule has 1 fully saturated rings. The Morgan fingerprint density at radius 3 is 2.28 bits per heavy atom. The van der Waals surface area contributed by atoms with Crippen molar-refractivity contribution in [3.05, 3.63) is 35.4 Å². The fourth-order valence-electron chi connectivity index (χ4n) is 4.01. The highest BCUT2D eigenvalue weighted by molar-refractivity contribution is 5.67. The summed E-state index contributed by atoms with van der Waals surface area (Å²) in [6, 6.07) is 9.00. The minimum absolute atomic E-state index is 0.0875. The van der Waals surface area contributed by atoms with Crippen molar-refractivity contribution in [2.45, 2.75) is 110 Å². The van der Waals surface area contributed by atoms with Gasteiger partial charge in [0.2, 0.25) is 0 Å². The lowest BCUT2D eigenvalue weighted by Crippen LogP contribution is -2.53. The van der Waals surface area contributed by atoms with Crippen LogP contribution in [-0.4, -0.2) is 31.3 Å². The summed E-state index contributed by atoms with van der Waals surface area (Å²) in [5, 5.41) is 2.91. The summed E-state index contributed by atoms with van der Waals surface area (Å²) in [7, 11) is 0. The van der Waals surface area contributed by atoms with Crippen molar-refractivity contribution in [3.8, 4) is 0 Å². The lowest BCUT2D eigenvalue weighted by molar-refractivity contribution is -0.297. The summed E-state index contributed by atoms with van der Waals surface area (Å²) < 4.78 is 17.1. The molecule has 1 aromatic rings. The van der Waals surface area contributed by atoms with E-state index < -0.39 is 18.1 Å². The van der Waals surface area contributed by atoms with Gasteiger partial charge in [-0.3, -0.25) is 5.32 Å². The van der Waals surface area contributed by atoms with Gasteiger partial charge in [-0.25, -0.2) is 4.79 Å². The van der Waals surface area contributed by atoms with Crippen LogP contribution in [0, 0.1) is 5.92 Å². The summed E-state index contributed by atoms with van der Waals surface area (Å²) in [5.41, 5.74) is 2.73. The summed E-state index contributed by atoms with van der Waals surface area (Å²) >= 11 is 0. The smallest absolute Gasteiger partial charge is 0.409 e. The largest absolute Gasteiger partial charge is 0.450 e. The number of carbonyl (C=O) groups excluding carboxylic acids is 1. The van der Waals surface area contributed by atoms with Crippen LogP contribution in [0.4, 0.5) is 4.79 Å². The number of amides is 1. The van der Waals surface area contributed by atoms with E-state index in [9.17, 15) is 4.79 Å². The molecule has 2 unspecified atom stereocenters. The number of aryl methyl sites for hydroxylation is 2. The topological polar surface area (TPSA) is 56.8 Å². The van der Waals surface area contributed by atoms with Gasteiger partial charge in [0.25, 0.3) is 0 Å². The maximum absolute atomic E-state index is 12.2. The molecule has 0 aromatic heterocycles. The molecular weight excluding hydrogens is 402 g/mol. The molecule has 0 bridgehead atoms. The molecule has 0 radical (unpaired) electrons. The Labute approximate surface area is 195 Å². The normalized spacial score (nSPS) is 20.1. The van der Waals surface area contributed by atoms with Crippen molar-refractivity contribution >= 4 is 6.09 Å². The first-order chi connectivity index (χ1) is 15.4. The van der Waals surface area contributed by atoms with Crippen LogP contribution in [0.5, 0.6) is 0 Å². The van der Waals surface area contributed by atoms with E-state index in [4.69, 9.17) is 14.2 Å². The minimum atomic E-state index is -0.712. The number of alkyl carbamates (subject to hydrolysis) is 1. The van der Waals surface area contributed by atoms with E-state index in [1.807, 2.05) is 13.8 Å². The monoisotopic (exact) mass is 447 g/mol. The van der Waals surface area contributed by atoms with Crippen LogP contribution in [0.2, 0.25) is 0 Å². The van der Waals surface area contributed by atoms with Crippen LogP contribution in [0.15, 0.2) is 24.3 Å². The van der Waals surface area contributed by atoms with Crippen LogP contribution in [-0.2, 0) is 27.1 Å². The first-order valence-corrected chi connectivity index (χ1v) is 12.8. The van der Waals surface area contributed by atoms with Gasteiger partial charge in [-0.05, 0) is 57.1 Å². The molecule has 32 heavy (non-hydrogen) atoms. The van der Waals surface area contributed by atoms with E-state index in [2.05, 4.69) is 43.4 Å². The Balaban J connectivity index is 1.78. The van der Waals surface area contributed by atoms with Gasteiger partial charge >= 0.3 is 6.09 Å². The average molecular weight is 448 g/mol. The summed E-state index contributed by atoms with van der Waals surface area (Å²) in [6.45, 7) is 9.08. The van der Waals surface area contributed by atoms with Gasteiger partial charge in [0.1, 0.15) is 6.23 Å². The minimum Gasteiger partial charge on any atom is -0.450 e. The molecule has 1 amide bonds. The van der Waals surface area contributed by atoms with Crippen molar-refractivity contribution in [2.75, 3.05) is 13.2 Å². The third-order valence-corrected chi connectivity index (χ3v) is 6.12. The third kappa shape index (κ3) is 10.4. The highest BCUT2D eigenvalue weighted by Gasteiger charge is 2.37. The molecule has 1 aromatic carbocycles. The molecule has 2 rings (SSSR count). The van der Waals surface area contributed by atoms with Crippen molar-refractivity contribution in [1.82, 2.24) is 5.32 Å². The quantitative estimate of drug-likeness (QED) is 0.320. The van der Waals surface area contributed by atoms with Crippen LogP contribution >= 0.6 is 0 Å². The standard InChI is InChI=1S/C27H45NO4/c1-5-7-9-10-11-12-13-22-14-16-23(17-15-22)18-19-24-21-31-27(3,4)32-25(24)28-26(29)30-20-8-6-2/h14-17,24-25H,5-13,18-21H2,1-4H3,(H,28,29). The molecule has 0 aliphatic carbocycles. The first kappa shape index (κ1) is 26.7. The molecule has 1 heterocycles. The van der Waals surface area contributed by atoms with E-state index in [1.165, 1.54) is 49.7 Å². The predicted octanol–water partition coefficient (Wildman–Crippen LogP) is 6.77. The molecule has 5 heteroatoms. The molecule has 2 atom stereocenters. The van der Waals surface area contributed by atoms with Gasteiger partial charge < -0.3 is 14.2 Å². The number of hydrogen-bond donors (Lipinski definition) is 1. The van der Waals surface area contributed by atoms with Gasteiger partial charge in [-0.1, -0.05) is 76.6 Å². The zero-order valence-corrected chi connectivity index (χ0v) is 20.8. The Morgan fingerprint density at radius 2 is 1.59 bits per heavy atom. The molecule has 1 N–H and O–H groups in total. The Bertz CT molecular complexity index is 644. The summed E-state index contributed by atoms with van der Waals surface area (Å²) in [5.74, 6) is -0.625. The highest BCUT2D eigenvalue weighted by Crippen LogP contribution is 2.28. The third-order valence-electron chi connectivity index (χ3n) is 6.12. The highest BCUT2D eigenvalue weighted by atomic mass is 16.7. The predicted molar refractivity (Wildman–Crippen MR) is 130 cm³/mol. The number of hydrogen-bond acceptors (Lipinski definition) is 4. The van der Waals surface area contributed by atoms with Crippen molar-refractivity contribution in [1.29, 1.82) is 0 Å². The molecule has 182 valence electrons. The first-order valence-electron chi connectivity index (χ1n) is 12.8. The Morgan fingerprint density at radius 1 is 0.969 bits per heavy atom. The number of ether oxygens (including phenoxy) is 3. The van der Waals surface area contributed by atoms with Gasteiger partial charge in [-0.2, -0.15) is 0 Å². The van der Waals surface area contributed by atoms with E-state index >= 15 is 0 Å². The average Bonchev–Trinajstić information content (AvgIpc) is 2.76. The number of benzene rings is 1. The second kappa shape index (κ2) is 14.5. The maximum atomic E-state index is 12.2. The van der Waals surface area contributed by atoms with Crippen molar-refractivity contribution < 1.29 is 19.0 Å². The van der Waals surface area contributed by atoms with Crippen molar-refractivity contribution in [3.63, 3.8) is 0 Å². The van der Waals surface area contributed by atoms with Crippen LogP contribution in [0.25, 0.3) is 0 Å². The fourth-order valence-corrected chi connectivity index (χ4v) is 4.01. The van der Waals surface area contributed by atoms with Crippen LogP contribution < -0.4 is 5.32 Å². The molecule has 1 saturated heterocycles. The molecule has 5 nitrogen and oxygen atoms in total. The van der Waals surface area contributed by atoms with E-state index in [0.717, 1.165) is 32.1 Å². The molecule has 0 saturated carbocycles. The lowest BCUT2D eigenvalue weighted by Gasteiger charge is -2.41. The molecular formula is C27H45NO4. The number of unbranched alkanes of at least 4 members (excludes halogenated alkanes) is 6. The number of carbonyl (C=O) groups is 1. The number of rotatable bonds is 14. The molecule has 0 spiro atoms. The van der Waals surface area contributed by atoms with Gasteiger partial charge in [0.15, 0.2) is 5.79 Å². The second-order valence-corrected chi connectivity index (χ2v) is 9.52. The van der Waals surface area contributed by atoms with Crippen molar-refractivity contribution in [2.24, 2.45) is 5.92 Å². The second-order valence-electron chi connectivity index (χ2n) is 9.52. The van der Waals surface area contributed by atoms with E-state index in [1.54, 1.807) is 0 Å². The fraction of sp³-hybridized carbons (Fsp3) is 0.741. The molecule has 1 aliphatic heterocycles. The van der Waals surface area contributed by atoms with Crippen LogP contribution in [0.1, 0.15) is 96.6 Å². The van der Waals surface area contributed by atoms with E-state index in [-0.39, 0.29) is 5.92 Å². The maximum Gasteiger partial charge on any atom is 0.409 e. The van der Waals surface area contributed by atoms with Gasteiger partial charge in [0.05, 0.1) is 13.2 Å². The number of nitrogens with one attached hydrogen (secondary N) is 1. The SMILES string of the molecule is CCCCCCCCc1ccc(CCC2COC(C)(C)OC2NC(=O)OCCCC)cc1. The van der Waals surface area contributed by atoms with Gasteiger partial charge in [-0.15, -0.1) is 0 Å². The zero-order valence-electron chi connectivity index (χ0n) is 20.8. The summed E-state index contributed by atoms with van der Waals surface area (Å²) in [4.78, 5) is 12.2. The van der Waals surface area contributed by atoms with Gasteiger partial charge in [0, 0.05) is 5.92 Å². The zero-order chi connectivity index (χ0) is 23.2. The van der Waals surface area contributed by atoms with E-state index in [0.29, 0.717) is 13.2 Å². The summed E-state index contributed by atoms with van der Waals surface area (Å²) in [6.07, 6.45) is 12.0. The van der Waals surface area contributed by atoms with Crippen LogP contribution in [0.3, 0.4) is 0 Å². The lowest BCUT2D eigenvalue weighted by atomic mass is 9.96.